The van der Waals surface area contributed by atoms with E-state index in [1.165, 1.54) is 6.07 Å². The van der Waals surface area contributed by atoms with Crippen molar-refractivity contribution in [1.82, 2.24) is 0 Å². The number of nitrogens with zero attached hydrogens (tertiary/aromatic N) is 1. The fourth-order valence-electron chi connectivity index (χ4n) is 2.21. The fourth-order valence-corrected chi connectivity index (χ4v) is 2.21. The highest BCUT2D eigenvalue weighted by molar-refractivity contribution is 5.92. The zero-order chi connectivity index (χ0) is 14.5. The number of carbonyl (C=O) groups excluding carboxylic acids is 1. The van der Waals surface area contributed by atoms with Crippen LogP contribution in [0.4, 0.5) is 5.69 Å². The Bertz CT molecular complexity index is 660. The van der Waals surface area contributed by atoms with E-state index in [1.807, 2.05) is 30.1 Å². The van der Waals surface area contributed by atoms with Gasteiger partial charge in [-0.1, -0.05) is 25.5 Å². The van der Waals surface area contributed by atoms with Crippen LogP contribution in [0.25, 0.3) is 11.0 Å². The van der Waals surface area contributed by atoms with Gasteiger partial charge in [-0.3, -0.25) is 4.79 Å². The number of benzene rings is 1. The second-order valence-corrected chi connectivity index (χ2v) is 4.95. The normalized spacial score (nSPS) is 10.7. The molecule has 0 aliphatic heterocycles. The number of carbonyl (C=O) groups is 1. The number of para-hydroxylation sites is 1. The van der Waals surface area contributed by atoms with Crippen LogP contribution in [0, 0.1) is 0 Å². The van der Waals surface area contributed by atoms with Crippen LogP contribution in [-0.4, -0.2) is 19.4 Å². The number of likely N-dealkylation sites (N-methyl/N-ethyl adjacent to an activating group) is 1. The van der Waals surface area contributed by atoms with Crippen molar-refractivity contribution in [3.63, 3.8) is 0 Å². The molecule has 0 aliphatic rings. The van der Waals surface area contributed by atoms with Gasteiger partial charge in [0.25, 0.3) is 0 Å². The molecule has 2 rings (SSSR count). The molecule has 1 aromatic carbocycles. The Morgan fingerprint density at radius 2 is 2.05 bits per heavy atom. The first-order valence-electron chi connectivity index (χ1n) is 6.87. The van der Waals surface area contributed by atoms with E-state index in [1.54, 1.807) is 6.07 Å². The number of rotatable bonds is 6. The Hall–Kier alpha value is -2.10. The van der Waals surface area contributed by atoms with Gasteiger partial charge in [-0.25, -0.2) is 4.79 Å². The summed E-state index contributed by atoms with van der Waals surface area (Å²) in [6.45, 7) is 2.38. The van der Waals surface area contributed by atoms with Gasteiger partial charge in [-0.2, -0.15) is 0 Å². The zero-order valence-corrected chi connectivity index (χ0v) is 11.9. The third-order valence-electron chi connectivity index (χ3n) is 3.26. The predicted octanol–water partition coefficient (Wildman–Crippen LogP) is 2.99. The summed E-state index contributed by atoms with van der Waals surface area (Å²) in [5.41, 5.74) is 0.885. The molecule has 0 fully saturated rings. The van der Waals surface area contributed by atoms with Gasteiger partial charge in [0, 0.05) is 24.9 Å². The molecule has 0 unspecified atom stereocenters. The highest BCUT2D eigenvalue weighted by Crippen LogP contribution is 2.23. The number of ketones is 1. The van der Waals surface area contributed by atoms with E-state index >= 15 is 0 Å². The van der Waals surface area contributed by atoms with Gasteiger partial charge in [-0.05, 0) is 18.6 Å². The summed E-state index contributed by atoms with van der Waals surface area (Å²) in [6, 6.07) is 8.79. The lowest BCUT2D eigenvalue weighted by molar-refractivity contribution is -0.117. The lowest BCUT2D eigenvalue weighted by atomic mass is 10.1. The van der Waals surface area contributed by atoms with Gasteiger partial charge in [-0.15, -0.1) is 0 Å². The topological polar surface area (TPSA) is 50.5 Å². The monoisotopic (exact) mass is 273 g/mol. The highest BCUT2D eigenvalue weighted by Gasteiger charge is 2.12. The van der Waals surface area contributed by atoms with Crippen molar-refractivity contribution in [3.8, 4) is 0 Å². The molecule has 0 atom stereocenters. The summed E-state index contributed by atoms with van der Waals surface area (Å²) in [5, 5.41) is 0.845. The van der Waals surface area contributed by atoms with Crippen LogP contribution in [0.5, 0.6) is 0 Å². The molecule has 1 aromatic heterocycles. The number of hydrogen-bond acceptors (Lipinski definition) is 4. The van der Waals surface area contributed by atoms with Crippen LogP contribution < -0.4 is 10.5 Å². The Labute approximate surface area is 118 Å². The Morgan fingerprint density at radius 1 is 1.30 bits per heavy atom. The van der Waals surface area contributed by atoms with E-state index in [0.29, 0.717) is 18.5 Å². The minimum absolute atomic E-state index is 0.187. The van der Waals surface area contributed by atoms with Gasteiger partial charge < -0.3 is 9.32 Å². The molecular formula is C16H19NO3. The quantitative estimate of drug-likeness (QED) is 0.759. The SMILES string of the molecule is CCCCC(=O)CN(C)c1cc(=O)oc2ccccc12. The Morgan fingerprint density at radius 3 is 2.80 bits per heavy atom. The molecule has 0 aliphatic carbocycles. The maximum Gasteiger partial charge on any atom is 0.338 e. The number of fused-ring (bicyclic) bond motifs is 1. The van der Waals surface area contributed by atoms with Crippen molar-refractivity contribution in [2.45, 2.75) is 26.2 Å². The maximum atomic E-state index is 11.9. The third-order valence-corrected chi connectivity index (χ3v) is 3.26. The molecule has 4 nitrogen and oxygen atoms in total. The van der Waals surface area contributed by atoms with E-state index in [4.69, 9.17) is 4.42 Å². The smallest absolute Gasteiger partial charge is 0.338 e. The van der Waals surface area contributed by atoms with E-state index in [9.17, 15) is 9.59 Å². The summed E-state index contributed by atoms with van der Waals surface area (Å²) in [7, 11) is 1.82. The van der Waals surface area contributed by atoms with Crippen molar-refractivity contribution < 1.29 is 9.21 Å². The van der Waals surface area contributed by atoms with Crippen molar-refractivity contribution >= 4 is 22.4 Å². The van der Waals surface area contributed by atoms with Crippen molar-refractivity contribution in [1.29, 1.82) is 0 Å². The fraction of sp³-hybridized carbons (Fsp3) is 0.375. The van der Waals surface area contributed by atoms with Crippen molar-refractivity contribution in [2.75, 3.05) is 18.5 Å². The van der Waals surface area contributed by atoms with E-state index in [2.05, 4.69) is 6.92 Å². The Kier molecular flexibility index (Phi) is 4.56. The number of anilines is 1. The number of unbranched alkanes of at least 4 members (excludes halogenated alkanes) is 1. The van der Waals surface area contributed by atoms with Crippen LogP contribution in [0.1, 0.15) is 26.2 Å². The third kappa shape index (κ3) is 3.26. The number of Topliss-reactive ketones (excluding diaryl/α,β-unsaturated/α-hetero) is 1. The minimum atomic E-state index is -0.397. The molecule has 0 radical (unpaired) electrons. The predicted molar refractivity (Wildman–Crippen MR) is 80.3 cm³/mol. The second kappa shape index (κ2) is 6.37. The van der Waals surface area contributed by atoms with Crippen LogP contribution in [0.3, 0.4) is 0 Å². The van der Waals surface area contributed by atoms with Gasteiger partial charge >= 0.3 is 5.63 Å². The van der Waals surface area contributed by atoms with Crippen LogP contribution >= 0.6 is 0 Å². The molecular weight excluding hydrogens is 254 g/mol. The molecule has 0 spiro atoms. The molecule has 1 heterocycles. The molecule has 20 heavy (non-hydrogen) atoms. The van der Waals surface area contributed by atoms with Crippen LogP contribution in [0.2, 0.25) is 0 Å². The first-order chi connectivity index (χ1) is 9.61. The molecule has 0 N–H and O–H groups in total. The largest absolute Gasteiger partial charge is 0.423 e. The van der Waals surface area contributed by atoms with E-state index < -0.39 is 5.63 Å². The summed E-state index contributed by atoms with van der Waals surface area (Å²) >= 11 is 0. The molecule has 0 amide bonds. The lowest BCUT2D eigenvalue weighted by Gasteiger charge is -2.19. The molecule has 0 saturated carbocycles. The molecule has 106 valence electrons. The average Bonchev–Trinajstić information content (AvgIpc) is 2.44. The minimum Gasteiger partial charge on any atom is -0.423 e. The lowest BCUT2D eigenvalue weighted by Crippen LogP contribution is -2.26. The first kappa shape index (κ1) is 14.3. The van der Waals surface area contributed by atoms with Crippen molar-refractivity contribution in [2.24, 2.45) is 0 Å². The summed E-state index contributed by atoms with van der Waals surface area (Å²) in [5.74, 6) is 0.187. The number of hydrogen-bond donors (Lipinski definition) is 0. The van der Waals surface area contributed by atoms with Gasteiger partial charge in [0.1, 0.15) is 5.58 Å². The van der Waals surface area contributed by atoms with Crippen molar-refractivity contribution in [3.05, 3.63) is 40.8 Å². The standard InChI is InChI=1S/C16H19NO3/c1-3-4-7-12(18)11-17(2)14-10-16(19)20-15-9-6-5-8-13(14)15/h5-6,8-10H,3-4,7,11H2,1-2H3. The molecule has 2 aromatic rings. The second-order valence-electron chi connectivity index (χ2n) is 4.95. The summed E-state index contributed by atoms with van der Waals surface area (Å²) < 4.78 is 5.16. The van der Waals surface area contributed by atoms with Gasteiger partial charge in [0.15, 0.2) is 5.78 Å². The van der Waals surface area contributed by atoms with Crippen LogP contribution in [0.15, 0.2) is 39.5 Å². The van der Waals surface area contributed by atoms with Gasteiger partial charge in [0.2, 0.25) is 0 Å². The first-order valence-corrected chi connectivity index (χ1v) is 6.87. The molecule has 0 bridgehead atoms. The Balaban J connectivity index is 2.27. The van der Waals surface area contributed by atoms with E-state index in [-0.39, 0.29) is 5.78 Å². The summed E-state index contributed by atoms with van der Waals surface area (Å²) in [4.78, 5) is 25.3. The zero-order valence-electron chi connectivity index (χ0n) is 11.9. The molecule has 4 heteroatoms. The average molecular weight is 273 g/mol. The van der Waals surface area contributed by atoms with Gasteiger partial charge in [0.05, 0.1) is 12.2 Å². The van der Waals surface area contributed by atoms with Crippen LogP contribution in [-0.2, 0) is 4.79 Å². The van der Waals surface area contributed by atoms with E-state index in [0.717, 1.165) is 23.9 Å². The summed E-state index contributed by atoms with van der Waals surface area (Å²) in [6.07, 6.45) is 2.50. The highest BCUT2D eigenvalue weighted by atomic mass is 16.4. The maximum absolute atomic E-state index is 11.9. The molecule has 0 saturated heterocycles.